The number of fused-ring (bicyclic) bond motifs is 2. The molecule has 2 aromatic rings. The number of imide groups is 2. The van der Waals surface area contributed by atoms with E-state index >= 15 is 0 Å². The van der Waals surface area contributed by atoms with Crippen LogP contribution in [-0.2, 0) is 35.1 Å². The largest absolute Gasteiger partial charge is 0.300 e. The number of thioether (sulfide) groups is 2. The van der Waals surface area contributed by atoms with E-state index in [1.54, 1.807) is 35.7 Å². The van der Waals surface area contributed by atoms with Crippen LogP contribution in [0.2, 0.25) is 0 Å². The highest BCUT2D eigenvalue weighted by Gasteiger charge is 2.48. The van der Waals surface area contributed by atoms with E-state index in [1.807, 2.05) is 74.5 Å². The smallest absolute Gasteiger partial charge is 0.254 e. The molecule has 4 aliphatic heterocycles. The Morgan fingerprint density at radius 2 is 1.04 bits per heavy atom. The van der Waals surface area contributed by atoms with E-state index < -0.39 is 11.1 Å². The zero-order valence-electron chi connectivity index (χ0n) is 27.8. The van der Waals surface area contributed by atoms with E-state index in [1.165, 1.54) is 9.80 Å². The fraction of sp³-hybridized carbons (Fsp3) is 0.462. The SMILES string of the molecule is CC(CCCCC(=O)CCCCC(C)(c1ccccc1)N1C(=O)C=C2SCCC2C1=O)(c1ccccc1)N1C(=O)C=C2SCCC2C1=O. The van der Waals surface area contributed by atoms with Gasteiger partial charge in [0.2, 0.25) is 11.8 Å². The van der Waals surface area contributed by atoms with Crippen LogP contribution in [-0.4, -0.2) is 50.7 Å². The maximum Gasteiger partial charge on any atom is 0.254 e. The molecule has 48 heavy (non-hydrogen) atoms. The summed E-state index contributed by atoms with van der Waals surface area (Å²) in [5.41, 5.74) is 0.246. The number of benzene rings is 2. The molecule has 4 atom stereocenters. The normalized spacial score (nSPS) is 23.3. The number of carbonyl (C=O) groups excluding carboxylic acids is 5. The predicted molar refractivity (Wildman–Crippen MR) is 191 cm³/mol. The van der Waals surface area contributed by atoms with Gasteiger partial charge in [0, 0.05) is 34.8 Å². The van der Waals surface area contributed by atoms with E-state index in [9.17, 15) is 24.0 Å². The molecule has 4 heterocycles. The molecular formula is C39H44N2O5S2. The van der Waals surface area contributed by atoms with Gasteiger partial charge >= 0.3 is 0 Å². The standard InChI is InChI=1S/C39H44N2O5S2/c1-38(27-13-5-3-6-14-27,40-34(43)25-32-30(36(40)45)19-23-47-32)21-11-9-17-29(42)18-10-12-22-39(2,28-15-7-4-8-16-28)41-35(44)26-33-31(37(41)46)20-24-48-33/h3-8,13-16,25-26,30-31H,9-12,17-24H2,1-2H3. The monoisotopic (exact) mass is 684 g/mol. The first-order valence-electron chi connectivity index (χ1n) is 17.2. The molecule has 6 rings (SSSR count). The van der Waals surface area contributed by atoms with Crippen molar-refractivity contribution in [2.24, 2.45) is 11.8 Å². The first-order valence-corrected chi connectivity index (χ1v) is 19.2. The number of Topliss-reactive ketones (excluding diaryl/α,β-unsaturated/α-hetero) is 1. The molecule has 252 valence electrons. The van der Waals surface area contributed by atoms with Crippen molar-refractivity contribution in [3.8, 4) is 0 Å². The third-order valence-corrected chi connectivity index (χ3v) is 12.9. The maximum absolute atomic E-state index is 13.6. The molecule has 0 aliphatic carbocycles. The van der Waals surface area contributed by atoms with Crippen molar-refractivity contribution in [3.05, 3.63) is 93.8 Å². The number of hydrogen-bond acceptors (Lipinski definition) is 7. The third kappa shape index (κ3) is 6.73. The summed E-state index contributed by atoms with van der Waals surface area (Å²) in [7, 11) is 0. The highest BCUT2D eigenvalue weighted by atomic mass is 32.2. The van der Waals surface area contributed by atoms with Crippen molar-refractivity contribution in [1.82, 2.24) is 9.80 Å². The summed E-state index contributed by atoms with van der Waals surface area (Å²) in [6.07, 6.45) is 9.57. The first kappa shape index (κ1) is 34.4. The molecule has 0 saturated carbocycles. The van der Waals surface area contributed by atoms with Gasteiger partial charge in [-0.25, -0.2) is 0 Å². The molecule has 2 saturated heterocycles. The van der Waals surface area contributed by atoms with Crippen LogP contribution in [0.25, 0.3) is 0 Å². The number of rotatable bonds is 14. The van der Waals surface area contributed by atoms with Gasteiger partial charge in [0.25, 0.3) is 11.8 Å². The van der Waals surface area contributed by atoms with Gasteiger partial charge in [0.05, 0.1) is 22.9 Å². The average molecular weight is 685 g/mol. The molecule has 0 bridgehead atoms. The fourth-order valence-corrected chi connectivity index (χ4v) is 10.2. The van der Waals surface area contributed by atoms with Crippen molar-refractivity contribution in [3.63, 3.8) is 0 Å². The number of hydrogen-bond donors (Lipinski definition) is 0. The van der Waals surface area contributed by atoms with Gasteiger partial charge < -0.3 is 0 Å². The summed E-state index contributed by atoms with van der Waals surface area (Å²) in [4.78, 5) is 71.7. The number of carbonyl (C=O) groups is 5. The molecule has 0 spiro atoms. The van der Waals surface area contributed by atoms with Crippen molar-refractivity contribution >= 4 is 52.9 Å². The zero-order chi connectivity index (χ0) is 33.9. The van der Waals surface area contributed by atoms with Crippen LogP contribution in [0, 0.1) is 11.8 Å². The summed E-state index contributed by atoms with van der Waals surface area (Å²) in [6.45, 7) is 3.95. The second kappa shape index (κ2) is 14.6. The Bertz CT molecular complexity index is 1520. The van der Waals surface area contributed by atoms with Crippen LogP contribution in [0.15, 0.2) is 82.6 Å². The molecule has 2 aromatic carbocycles. The fourth-order valence-electron chi connectivity index (χ4n) is 7.80. The summed E-state index contributed by atoms with van der Waals surface area (Å²) < 4.78 is 0. The van der Waals surface area contributed by atoms with Crippen LogP contribution in [0.4, 0.5) is 0 Å². The highest BCUT2D eigenvalue weighted by molar-refractivity contribution is 8.03. The van der Waals surface area contributed by atoms with E-state index in [4.69, 9.17) is 0 Å². The molecule has 9 heteroatoms. The second-order valence-corrected chi connectivity index (χ2v) is 16.1. The van der Waals surface area contributed by atoms with Crippen LogP contribution < -0.4 is 0 Å². The number of amides is 4. The quantitative estimate of drug-likeness (QED) is 0.150. The van der Waals surface area contributed by atoms with Gasteiger partial charge in [-0.2, -0.15) is 0 Å². The summed E-state index contributed by atoms with van der Waals surface area (Å²) in [6, 6.07) is 19.5. The Labute approximate surface area is 292 Å². The summed E-state index contributed by atoms with van der Waals surface area (Å²) in [5, 5.41) is 0. The average Bonchev–Trinajstić information content (AvgIpc) is 3.76. The lowest BCUT2D eigenvalue weighted by atomic mass is 9.82. The highest BCUT2D eigenvalue weighted by Crippen LogP contribution is 2.46. The van der Waals surface area contributed by atoms with Gasteiger partial charge in [-0.05, 0) is 75.0 Å². The van der Waals surface area contributed by atoms with E-state index in [0.29, 0.717) is 51.4 Å². The van der Waals surface area contributed by atoms with Crippen molar-refractivity contribution in [2.75, 3.05) is 11.5 Å². The van der Waals surface area contributed by atoms with Crippen LogP contribution >= 0.6 is 23.5 Å². The third-order valence-electron chi connectivity index (χ3n) is 10.6. The zero-order valence-corrected chi connectivity index (χ0v) is 29.5. The molecule has 4 unspecified atom stereocenters. The summed E-state index contributed by atoms with van der Waals surface area (Å²) in [5.74, 6) is 0.689. The molecule has 0 radical (unpaired) electrons. The van der Waals surface area contributed by atoms with E-state index in [-0.39, 0.29) is 41.2 Å². The lowest BCUT2D eigenvalue weighted by molar-refractivity contribution is -0.154. The number of unbranched alkanes of at least 4 members (excludes halogenated alkanes) is 2. The Hall–Kier alpha value is -3.43. The van der Waals surface area contributed by atoms with Crippen LogP contribution in [0.3, 0.4) is 0 Å². The Morgan fingerprint density at radius 1 is 0.646 bits per heavy atom. The van der Waals surface area contributed by atoms with Crippen LogP contribution in [0.5, 0.6) is 0 Å². The summed E-state index contributed by atoms with van der Waals surface area (Å²) >= 11 is 3.21. The van der Waals surface area contributed by atoms with Gasteiger partial charge in [0.15, 0.2) is 0 Å². The minimum atomic E-state index is -0.799. The molecule has 2 fully saturated rings. The first-order chi connectivity index (χ1) is 23.1. The van der Waals surface area contributed by atoms with Gasteiger partial charge in [-0.3, -0.25) is 33.8 Å². The molecule has 0 aromatic heterocycles. The van der Waals surface area contributed by atoms with Crippen molar-refractivity contribution in [2.45, 2.75) is 89.1 Å². The van der Waals surface area contributed by atoms with Crippen molar-refractivity contribution in [1.29, 1.82) is 0 Å². The van der Waals surface area contributed by atoms with Gasteiger partial charge in [0.1, 0.15) is 5.78 Å². The van der Waals surface area contributed by atoms with Crippen LogP contribution in [0.1, 0.15) is 89.2 Å². The second-order valence-electron chi connectivity index (χ2n) is 13.7. The number of ketones is 1. The van der Waals surface area contributed by atoms with E-state index in [0.717, 1.165) is 45.3 Å². The minimum absolute atomic E-state index is 0.112. The van der Waals surface area contributed by atoms with Gasteiger partial charge in [-0.1, -0.05) is 73.5 Å². The lowest BCUT2D eigenvalue weighted by Gasteiger charge is -2.43. The minimum Gasteiger partial charge on any atom is -0.300 e. The topological polar surface area (TPSA) is 91.8 Å². The molecule has 4 aliphatic rings. The Balaban J connectivity index is 1.04. The predicted octanol–water partition coefficient (Wildman–Crippen LogP) is 7.52. The van der Waals surface area contributed by atoms with Gasteiger partial charge in [-0.15, -0.1) is 23.5 Å². The van der Waals surface area contributed by atoms with E-state index in [2.05, 4.69) is 0 Å². The molecule has 4 amide bonds. The number of nitrogens with zero attached hydrogens (tertiary/aromatic N) is 2. The molecule has 7 nitrogen and oxygen atoms in total. The maximum atomic E-state index is 13.6. The lowest BCUT2D eigenvalue weighted by Crippen LogP contribution is -2.54. The molecular weight excluding hydrogens is 641 g/mol. The van der Waals surface area contributed by atoms with Crippen molar-refractivity contribution < 1.29 is 24.0 Å². The Kier molecular flexibility index (Phi) is 10.5. The molecule has 0 N–H and O–H groups in total. The Morgan fingerprint density at radius 3 is 1.44 bits per heavy atom.